The first-order valence-corrected chi connectivity index (χ1v) is 11.1. The van der Waals surface area contributed by atoms with Crippen molar-refractivity contribution in [1.29, 1.82) is 0 Å². The lowest BCUT2D eigenvalue weighted by Crippen LogP contribution is -2.50. The zero-order chi connectivity index (χ0) is 22.1. The van der Waals surface area contributed by atoms with Crippen LogP contribution in [0, 0.1) is 0 Å². The molecule has 0 saturated heterocycles. The minimum absolute atomic E-state index is 0.0453. The molecule has 5 rings (SSSR count). The summed E-state index contributed by atoms with van der Waals surface area (Å²) in [6.45, 7) is 2.10. The van der Waals surface area contributed by atoms with Gasteiger partial charge in [-0.3, -0.25) is 4.79 Å². The second-order valence-corrected chi connectivity index (χ2v) is 8.15. The third-order valence-corrected chi connectivity index (χ3v) is 6.53. The molecule has 0 radical (unpaired) electrons. The van der Waals surface area contributed by atoms with E-state index in [9.17, 15) is 4.79 Å². The van der Waals surface area contributed by atoms with Crippen molar-refractivity contribution in [3.05, 3.63) is 115 Å². The fraction of sp³-hybridized carbons (Fsp3) is 0.138. The number of hydrogen-bond acceptors (Lipinski definition) is 1. The first-order chi connectivity index (χ1) is 15.7. The molecule has 3 nitrogen and oxygen atoms in total. The third-order valence-electron chi connectivity index (χ3n) is 6.53. The van der Waals surface area contributed by atoms with Gasteiger partial charge in [-0.2, -0.15) is 0 Å². The quantitative estimate of drug-likeness (QED) is 0.315. The predicted molar refractivity (Wildman–Crippen MR) is 133 cm³/mol. The van der Waals surface area contributed by atoms with Gasteiger partial charge in [0.2, 0.25) is 0 Å². The second-order valence-electron chi connectivity index (χ2n) is 8.15. The Balaban J connectivity index is 1.87. The van der Waals surface area contributed by atoms with Crippen molar-refractivity contribution < 1.29 is 4.79 Å². The van der Waals surface area contributed by atoms with Crippen LogP contribution in [0.15, 0.2) is 109 Å². The average Bonchev–Trinajstić information content (AvgIpc) is 3.21. The van der Waals surface area contributed by atoms with E-state index < -0.39 is 5.54 Å². The van der Waals surface area contributed by atoms with Crippen molar-refractivity contribution >= 4 is 33.4 Å². The Hall–Kier alpha value is -3.85. The highest BCUT2D eigenvalue weighted by molar-refractivity contribution is 6.11. The molecule has 0 bridgehead atoms. The maximum Gasteiger partial charge on any atom is 0.257 e. The van der Waals surface area contributed by atoms with E-state index in [0.717, 1.165) is 33.1 Å². The van der Waals surface area contributed by atoms with E-state index in [0.29, 0.717) is 6.42 Å². The lowest BCUT2D eigenvalue weighted by Gasteiger charge is -2.38. The van der Waals surface area contributed by atoms with Crippen molar-refractivity contribution in [2.24, 2.45) is 0 Å². The van der Waals surface area contributed by atoms with Crippen molar-refractivity contribution in [3.63, 3.8) is 0 Å². The van der Waals surface area contributed by atoms with Gasteiger partial charge < -0.3 is 9.47 Å². The van der Waals surface area contributed by atoms with Crippen LogP contribution < -0.4 is 4.90 Å². The molecule has 4 aromatic carbocycles. The number of fused-ring (bicyclic) bond motifs is 3. The number of amides is 1. The molecule has 0 saturated carbocycles. The maximum absolute atomic E-state index is 14.5. The highest BCUT2D eigenvalue weighted by atomic mass is 16.2. The molecule has 3 heteroatoms. The molecular formula is C29H26N2O. The summed E-state index contributed by atoms with van der Waals surface area (Å²) in [5.74, 6) is 0.0453. The summed E-state index contributed by atoms with van der Waals surface area (Å²) in [7, 11) is 1.87. The standard InChI is InChI=1S/C29H26N2O/c1-3-29(22-14-6-4-7-15-22,28(32)30(2)23-16-8-5-9-17-23)31-26-20-12-10-18-24(26)25-19-11-13-21-27(25)31/h4-21H,3H2,1-2H3. The number of hydrogen-bond donors (Lipinski definition) is 0. The molecule has 1 atom stereocenters. The van der Waals surface area contributed by atoms with Gasteiger partial charge in [-0.25, -0.2) is 0 Å². The number of rotatable bonds is 5. The van der Waals surface area contributed by atoms with Gasteiger partial charge in [-0.1, -0.05) is 91.9 Å². The SMILES string of the molecule is CCC(C(=O)N(C)c1ccccc1)(c1ccccc1)n1c2ccccc2c2ccccc21. The Kier molecular flexibility index (Phi) is 5.02. The van der Waals surface area contributed by atoms with Gasteiger partial charge in [0, 0.05) is 23.5 Å². The molecule has 1 unspecified atom stereocenters. The van der Waals surface area contributed by atoms with E-state index in [-0.39, 0.29) is 5.91 Å². The van der Waals surface area contributed by atoms with Gasteiger partial charge >= 0.3 is 0 Å². The summed E-state index contributed by atoms with van der Waals surface area (Å²) in [5, 5.41) is 2.32. The highest BCUT2D eigenvalue weighted by Crippen LogP contribution is 2.41. The number of carbonyl (C=O) groups excluding carboxylic acids is 1. The topological polar surface area (TPSA) is 25.2 Å². The fourth-order valence-electron chi connectivity index (χ4n) is 4.96. The molecule has 5 aromatic rings. The minimum Gasteiger partial charge on any atom is -0.321 e. The van der Waals surface area contributed by atoms with Crippen molar-refractivity contribution in [1.82, 2.24) is 4.57 Å². The molecule has 0 aliphatic heterocycles. The van der Waals surface area contributed by atoms with Gasteiger partial charge in [0.25, 0.3) is 5.91 Å². The van der Waals surface area contributed by atoms with Crippen LogP contribution in [0.1, 0.15) is 18.9 Å². The zero-order valence-corrected chi connectivity index (χ0v) is 18.4. The van der Waals surface area contributed by atoms with E-state index in [1.165, 1.54) is 0 Å². The largest absolute Gasteiger partial charge is 0.321 e. The molecule has 158 valence electrons. The van der Waals surface area contributed by atoms with Gasteiger partial charge in [-0.05, 0) is 36.2 Å². The summed E-state index contributed by atoms with van der Waals surface area (Å²) in [6, 6.07) is 36.8. The molecule has 0 fully saturated rings. The first kappa shape index (κ1) is 20.1. The Labute approximate surface area is 188 Å². The van der Waals surface area contributed by atoms with Crippen LogP contribution in [0.2, 0.25) is 0 Å². The Morgan fingerprint density at radius 2 is 1.19 bits per heavy atom. The molecule has 1 amide bonds. The van der Waals surface area contributed by atoms with Crippen LogP contribution in [0.3, 0.4) is 0 Å². The Morgan fingerprint density at radius 1 is 0.719 bits per heavy atom. The van der Waals surface area contributed by atoms with Gasteiger partial charge in [0.15, 0.2) is 0 Å². The van der Waals surface area contributed by atoms with Crippen molar-refractivity contribution in [3.8, 4) is 0 Å². The summed E-state index contributed by atoms with van der Waals surface area (Å²) in [6.07, 6.45) is 0.621. The molecule has 0 spiro atoms. The van der Waals surface area contributed by atoms with E-state index in [1.54, 1.807) is 4.90 Å². The number of anilines is 1. The lowest BCUT2D eigenvalue weighted by molar-refractivity contribution is -0.124. The zero-order valence-electron chi connectivity index (χ0n) is 18.4. The lowest BCUT2D eigenvalue weighted by atomic mass is 9.84. The first-order valence-electron chi connectivity index (χ1n) is 11.1. The number of nitrogens with zero attached hydrogens (tertiary/aromatic N) is 2. The summed E-state index contributed by atoms with van der Waals surface area (Å²) < 4.78 is 2.26. The minimum atomic E-state index is -0.894. The van der Waals surface area contributed by atoms with Gasteiger partial charge in [0.05, 0.1) is 11.0 Å². The average molecular weight is 419 g/mol. The summed E-state index contributed by atoms with van der Waals surface area (Å²) in [5.41, 5.74) is 3.10. The summed E-state index contributed by atoms with van der Waals surface area (Å²) in [4.78, 5) is 16.3. The molecule has 0 N–H and O–H groups in total. The molecular weight excluding hydrogens is 392 g/mol. The highest BCUT2D eigenvalue weighted by Gasteiger charge is 2.44. The van der Waals surface area contributed by atoms with Crippen LogP contribution in [0.25, 0.3) is 21.8 Å². The molecule has 0 aliphatic rings. The number of benzene rings is 4. The van der Waals surface area contributed by atoms with Crippen LogP contribution in [-0.2, 0) is 10.3 Å². The number of carbonyl (C=O) groups is 1. The maximum atomic E-state index is 14.5. The monoisotopic (exact) mass is 418 g/mol. The van der Waals surface area contributed by atoms with E-state index >= 15 is 0 Å². The van der Waals surface area contributed by atoms with Crippen molar-refractivity contribution in [2.75, 3.05) is 11.9 Å². The molecule has 0 aliphatic carbocycles. The molecule has 1 heterocycles. The van der Waals surface area contributed by atoms with Gasteiger partial charge in [0.1, 0.15) is 5.54 Å². The normalized spacial score (nSPS) is 13.2. The van der Waals surface area contributed by atoms with Crippen LogP contribution in [0.5, 0.6) is 0 Å². The van der Waals surface area contributed by atoms with E-state index in [2.05, 4.69) is 72.2 Å². The van der Waals surface area contributed by atoms with Crippen LogP contribution >= 0.6 is 0 Å². The van der Waals surface area contributed by atoms with Crippen LogP contribution in [-0.4, -0.2) is 17.5 Å². The fourth-order valence-corrected chi connectivity index (χ4v) is 4.96. The molecule has 1 aromatic heterocycles. The van der Waals surface area contributed by atoms with Crippen molar-refractivity contribution in [2.45, 2.75) is 18.9 Å². The summed E-state index contributed by atoms with van der Waals surface area (Å²) >= 11 is 0. The van der Waals surface area contributed by atoms with E-state index in [4.69, 9.17) is 0 Å². The number of aromatic nitrogens is 1. The third kappa shape index (κ3) is 2.93. The van der Waals surface area contributed by atoms with Gasteiger partial charge in [-0.15, -0.1) is 0 Å². The Bertz CT molecular complexity index is 1340. The smallest absolute Gasteiger partial charge is 0.257 e. The van der Waals surface area contributed by atoms with E-state index in [1.807, 2.05) is 55.6 Å². The Morgan fingerprint density at radius 3 is 1.72 bits per heavy atom. The predicted octanol–water partition coefficient (Wildman–Crippen LogP) is 6.61. The second kappa shape index (κ2) is 8.01. The molecule has 32 heavy (non-hydrogen) atoms. The van der Waals surface area contributed by atoms with Crippen LogP contribution in [0.4, 0.5) is 5.69 Å². The number of para-hydroxylation sites is 3. The number of likely N-dealkylation sites (N-methyl/N-ethyl adjacent to an activating group) is 1.